The second-order valence-corrected chi connectivity index (χ2v) is 7.57. The van der Waals surface area contributed by atoms with Crippen molar-refractivity contribution >= 4 is 17.4 Å². The standard InChI is InChI=1S/C15H24N6OS/c1-9(12-20-16-8-21(12)6)17-14(22)18-10(2)13-19-11(7-23-13)15(3,4)5/h7-10H,1-6H3,(H2,17,18,22)/t9-,10+/m0/s1. The van der Waals surface area contributed by atoms with Gasteiger partial charge < -0.3 is 15.2 Å². The number of nitrogens with zero attached hydrogens (tertiary/aromatic N) is 4. The summed E-state index contributed by atoms with van der Waals surface area (Å²) in [5, 5.41) is 16.5. The maximum Gasteiger partial charge on any atom is 0.315 e. The summed E-state index contributed by atoms with van der Waals surface area (Å²) in [5.41, 5.74) is 1.05. The predicted octanol–water partition coefficient (Wildman–Crippen LogP) is 2.69. The van der Waals surface area contributed by atoms with Gasteiger partial charge in [0.2, 0.25) is 0 Å². The average Bonchev–Trinajstić information content (AvgIpc) is 3.05. The largest absolute Gasteiger partial charge is 0.329 e. The molecule has 2 atom stereocenters. The fraction of sp³-hybridized carbons (Fsp3) is 0.600. The Kier molecular flexibility index (Phi) is 5.03. The summed E-state index contributed by atoms with van der Waals surface area (Å²) < 4.78 is 1.78. The number of carbonyl (C=O) groups is 1. The first-order valence-corrected chi connectivity index (χ1v) is 8.43. The van der Waals surface area contributed by atoms with Crippen LogP contribution < -0.4 is 10.6 Å². The van der Waals surface area contributed by atoms with Crippen molar-refractivity contribution in [2.75, 3.05) is 0 Å². The molecule has 0 bridgehead atoms. The number of amides is 2. The van der Waals surface area contributed by atoms with Crippen LogP contribution in [0.4, 0.5) is 4.79 Å². The molecule has 0 fully saturated rings. The third-order valence-corrected chi connectivity index (χ3v) is 4.52. The molecule has 2 rings (SSSR count). The normalized spacial score (nSPS) is 14.3. The first kappa shape index (κ1) is 17.4. The van der Waals surface area contributed by atoms with Gasteiger partial charge in [-0.05, 0) is 13.8 Å². The molecule has 0 aliphatic heterocycles. The Morgan fingerprint density at radius 2 is 1.91 bits per heavy atom. The van der Waals surface area contributed by atoms with E-state index < -0.39 is 0 Å². The van der Waals surface area contributed by atoms with E-state index in [2.05, 4.69) is 46.6 Å². The molecule has 0 unspecified atom stereocenters. The Morgan fingerprint density at radius 3 is 2.43 bits per heavy atom. The lowest BCUT2D eigenvalue weighted by Crippen LogP contribution is -2.39. The van der Waals surface area contributed by atoms with Gasteiger partial charge in [-0.2, -0.15) is 0 Å². The molecular weight excluding hydrogens is 312 g/mol. The second kappa shape index (κ2) is 6.66. The third-order valence-electron chi connectivity index (χ3n) is 3.49. The molecule has 2 N–H and O–H groups in total. The Morgan fingerprint density at radius 1 is 1.26 bits per heavy atom. The van der Waals surface area contributed by atoms with Gasteiger partial charge in [0.25, 0.3) is 0 Å². The molecule has 8 heteroatoms. The van der Waals surface area contributed by atoms with E-state index in [1.165, 1.54) is 0 Å². The number of rotatable bonds is 4. The maximum atomic E-state index is 12.1. The van der Waals surface area contributed by atoms with Crippen molar-refractivity contribution in [2.24, 2.45) is 7.05 Å². The summed E-state index contributed by atoms with van der Waals surface area (Å²) in [5.74, 6) is 0.706. The number of nitrogens with one attached hydrogen (secondary N) is 2. The molecule has 2 aromatic rings. The van der Waals surface area contributed by atoms with Gasteiger partial charge in [-0.25, -0.2) is 9.78 Å². The Bertz CT molecular complexity index is 672. The number of carbonyl (C=O) groups excluding carboxylic acids is 1. The van der Waals surface area contributed by atoms with E-state index in [-0.39, 0.29) is 23.5 Å². The van der Waals surface area contributed by atoms with Crippen molar-refractivity contribution in [2.45, 2.75) is 52.1 Å². The number of thiazole rings is 1. The van der Waals surface area contributed by atoms with Gasteiger partial charge in [0.1, 0.15) is 11.3 Å². The van der Waals surface area contributed by atoms with Gasteiger partial charge in [-0.15, -0.1) is 21.5 Å². The first-order valence-electron chi connectivity index (χ1n) is 7.55. The smallest absolute Gasteiger partial charge is 0.315 e. The second-order valence-electron chi connectivity index (χ2n) is 6.68. The zero-order chi connectivity index (χ0) is 17.2. The van der Waals surface area contributed by atoms with Crippen LogP contribution in [0.2, 0.25) is 0 Å². The van der Waals surface area contributed by atoms with Gasteiger partial charge in [-0.1, -0.05) is 20.8 Å². The zero-order valence-electron chi connectivity index (χ0n) is 14.4. The van der Waals surface area contributed by atoms with E-state index in [9.17, 15) is 4.79 Å². The third kappa shape index (κ3) is 4.28. The lowest BCUT2D eigenvalue weighted by molar-refractivity contribution is 0.234. The number of aromatic nitrogens is 4. The van der Waals surface area contributed by atoms with Crippen molar-refractivity contribution < 1.29 is 4.79 Å². The van der Waals surface area contributed by atoms with Crippen LogP contribution in [0.3, 0.4) is 0 Å². The minimum Gasteiger partial charge on any atom is -0.329 e. The van der Waals surface area contributed by atoms with Crippen LogP contribution in [0.5, 0.6) is 0 Å². The predicted molar refractivity (Wildman–Crippen MR) is 90.3 cm³/mol. The fourth-order valence-electron chi connectivity index (χ4n) is 2.08. The molecule has 0 radical (unpaired) electrons. The number of hydrogen-bond acceptors (Lipinski definition) is 5. The molecule has 2 heterocycles. The molecule has 7 nitrogen and oxygen atoms in total. The highest BCUT2D eigenvalue weighted by Crippen LogP contribution is 2.26. The molecular formula is C15H24N6OS. The fourth-order valence-corrected chi connectivity index (χ4v) is 3.13. The topological polar surface area (TPSA) is 84.7 Å². The van der Waals surface area contributed by atoms with Crippen molar-refractivity contribution in [3.05, 3.63) is 28.2 Å². The summed E-state index contributed by atoms with van der Waals surface area (Å²) in [7, 11) is 1.84. The number of urea groups is 1. The molecule has 23 heavy (non-hydrogen) atoms. The van der Waals surface area contributed by atoms with E-state index in [0.717, 1.165) is 10.7 Å². The van der Waals surface area contributed by atoms with Crippen LogP contribution in [0.25, 0.3) is 0 Å². The lowest BCUT2D eigenvalue weighted by atomic mass is 9.93. The quantitative estimate of drug-likeness (QED) is 0.899. The highest BCUT2D eigenvalue weighted by molar-refractivity contribution is 7.09. The molecule has 126 valence electrons. The summed E-state index contributed by atoms with van der Waals surface area (Å²) >= 11 is 1.57. The maximum absolute atomic E-state index is 12.1. The monoisotopic (exact) mass is 336 g/mol. The number of aryl methyl sites for hydroxylation is 1. The van der Waals surface area contributed by atoms with Gasteiger partial charge in [0.15, 0.2) is 5.82 Å². The number of hydrogen-bond donors (Lipinski definition) is 2. The van der Waals surface area contributed by atoms with Gasteiger partial charge >= 0.3 is 6.03 Å². The van der Waals surface area contributed by atoms with Gasteiger partial charge in [-0.3, -0.25) is 0 Å². The highest BCUT2D eigenvalue weighted by atomic mass is 32.1. The van der Waals surface area contributed by atoms with Crippen LogP contribution in [0, 0.1) is 0 Å². The molecule has 0 saturated heterocycles. The molecule has 0 aliphatic carbocycles. The van der Waals surface area contributed by atoms with Gasteiger partial charge in [0, 0.05) is 17.8 Å². The molecule has 2 amide bonds. The lowest BCUT2D eigenvalue weighted by Gasteiger charge is -2.17. The van der Waals surface area contributed by atoms with Crippen molar-refractivity contribution in [3.8, 4) is 0 Å². The minimum absolute atomic E-state index is 0.0104. The molecule has 0 spiro atoms. The average molecular weight is 336 g/mol. The highest BCUT2D eigenvalue weighted by Gasteiger charge is 2.21. The van der Waals surface area contributed by atoms with E-state index >= 15 is 0 Å². The molecule has 0 saturated carbocycles. The Labute approximate surface area is 140 Å². The van der Waals surface area contributed by atoms with Gasteiger partial charge in [0.05, 0.1) is 17.8 Å². The van der Waals surface area contributed by atoms with Crippen molar-refractivity contribution in [1.29, 1.82) is 0 Å². The van der Waals surface area contributed by atoms with Crippen molar-refractivity contribution in [3.63, 3.8) is 0 Å². The van der Waals surface area contributed by atoms with Crippen LogP contribution in [-0.4, -0.2) is 25.8 Å². The van der Waals surface area contributed by atoms with E-state index in [1.54, 1.807) is 22.2 Å². The molecule has 0 aliphatic rings. The summed E-state index contributed by atoms with van der Waals surface area (Å²) in [4.78, 5) is 16.8. The minimum atomic E-state index is -0.250. The van der Waals surface area contributed by atoms with E-state index in [0.29, 0.717) is 5.82 Å². The summed E-state index contributed by atoms with van der Waals surface area (Å²) in [6.45, 7) is 10.2. The molecule has 0 aromatic carbocycles. The first-order chi connectivity index (χ1) is 10.7. The summed E-state index contributed by atoms with van der Waals surface area (Å²) in [6.07, 6.45) is 1.61. The van der Waals surface area contributed by atoms with Crippen LogP contribution in [0.1, 0.15) is 63.2 Å². The Balaban J connectivity index is 1.95. The van der Waals surface area contributed by atoms with Crippen molar-refractivity contribution in [1.82, 2.24) is 30.4 Å². The van der Waals surface area contributed by atoms with Crippen LogP contribution in [-0.2, 0) is 12.5 Å². The summed E-state index contributed by atoms with van der Waals surface area (Å²) in [6, 6.07) is -0.626. The Hall–Kier alpha value is -1.96. The van der Waals surface area contributed by atoms with E-state index in [1.807, 2.05) is 26.3 Å². The molecule has 2 aromatic heterocycles. The van der Waals surface area contributed by atoms with E-state index in [4.69, 9.17) is 0 Å². The van der Waals surface area contributed by atoms with Crippen LogP contribution in [0.15, 0.2) is 11.7 Å². The van der Waals surface area contributed by atoms with Crippen LogP contribution >= 0.6 is 11.3 Å². The SMILES string of the molecule is C[C@H](NC(=O)N[C@H](C)c1nc(C(C)(C)C)cs1)c1nncn1C. The zero-order valence-corrected chi connectivity index (χ0v) is 15.2.